The third-order valence-corrected chi connectivity index (χ3v) is 4.19. The summed E-state index contributed by atoms with van der Waals surface area (Å²) in [7, 11) is -0.999. The summed E-state index contributed by atoms with van der Waals surface area (Å²) in [5, 5.41) is 15.8. The van der Waals surface area contributed by atoms with E-state index < -0.39 is 10.8 Å². The highest BCUT2D eigenvalue weighted by atomic mass is 32.2. The molecule has 1 atom stereocenters. The molecule has 0 aromatic carbocycles. The highest BCUT2D eigenvalue weighted by molar-refractivity contribution is 7.84. The molecule has 0 aliphatic carbocycles. The molecule has 2 heterocycles. The van der Waals surface area contributed by atoms with Gasteiger partial charge in [-0.3, -0.25) is 9.00 Å². The summed E-state index contributed by atoms with van der Waals surface area (Å²) >= 11 is 0. The molecule has 1 unspecified atom stereocenters. The standard InChI is InChI=1S/C15H20N4O3S/c1-4-18(15(20)7-9-23(3)22)14-11-19(16-12(14)2)13-6-5-8-17(21)10-13/h5-6,8,10-11H,4,7,9H2,1-3H3. The number of rotatable bonds is 6. The minimum absolute atomic E-state index is 0.0858. The Balaban J connectivity index is 2.28. The number of aryl methyl sites for hydroxylation is 1. The van der Waals surface area contributed by atoms with Crippen LogP contribution in [0.15, 0.2) is 30.7 Å². The highest BCUT2D eigenvalue weighted by Crippen LogP contribution is 2.21. The van der Waals surface area contributed by atoms with Gasteiger partial charge in [-0.25, -0.2) is 4.68 Å². The van der Waals surface area contributed by atoms with Crippen molar-refractivity contribution in [2.45, 2.75) is 20.3 Å². The number of carbonyl (C=O) groups excluding carboxylic acids is 1. The lowest BCUT2D eigenvalue weighted by Crippen LogP contribution is -2.31. The topological polar surface area (TPSA) is 82.1 Å². The lowest BCUT2D eigenvalue weighted by Gasteiger charge is -2.19. The normalized spacial score (nSPS) is 12.1. The van der Waals surface area contributed by atoms with E-state index in [4.69, 9.17) is 0 Å². The third-order valence-electron chi connectivity index (χ3n) is 3.41. The van der Waals surface area contributed by atoms with Crippen LogP contribution in [-0.2, 0) is 15.6 Å². The fraction of sp³-hybridized carbons (Fsp3) is 0.400. The van der Waals surface area contributed by atoms with Gasteiger partial charge in [-0.2, -0.15) is 9.83 Å². The molecular weight excluding hydrogens is 316 g/mol. The number of nitrogens with zero attached hydrogens (tertiary/aromatic N) is 4. The quantitative estimate of drug-likeness (QED) is 0.580. The second-order valence-corrected chi connectivity index (χ2v) is 6.69. The van der Waals surface area contributed by atoms with Gasteiger partial charge in [0.15, 0.2) is 6.20 Å². The predicted molar refractivity (Wildman–Crippen MR) is 88.8 cm³/mol. The van der Waals surface area contributed by atoms with Gasteiger partial charge in [0, 0.05) is 41.8 Å². The van der Waals surface area contributed by atoms with Gasteiger partial charge < -0.3 is 10.1 Å². The summed E-state index contributed by atoms with van der Waals surface area (Å²) in [4.78, 5) is 14.0. The Morgan fingerprint density at radius 1 is 1.52 bits per heavy atom. The van der Waals surface area contributed by atoms with Gasteiger partial charge in [0.25, 0.3) is 0 Å². The minimum Gasteiger partial charge on any atom is -0.619 e. The lowest BCUT2D eigenvalue weighted by atomic mass is 10.3. The van der Waals surface area contributed by atoms with E-state index in [2.05, 4.69) is 5.10 Å². The Hall–Kier alpha value is -2.22. The van der Waals surface area contributed by atoms with Crippen molar-refractivity contribution in [1.29, 1.82) is 0 Å². The van der Waals surface area contributed by atoms with Crippen molar-refractivity contribution in [2.75, 3.05) is 23.5 Å². The monoisotopic (exact) mass is 336 g/mol. The van der Waals surface area contributed by atoms with Gasteiger partial charge in [-0.05, 0) is 19.9 Å². The van der Waals surface area contributed by atoms with Crippen molar-refractivity contribution in [3.05, 3.63) is 41.6 Å². The molecule has 0 aliphatic rings. The maximum absolute atomic E-state index is 12.3. The van der Waals surface area contributed by atoms with Crippen LogP contribution in [0.25, 0.3) is 5.69 Å². The third kappa shape index (κ3) is 4.16. The fourth-order valence-electron chi connectivity index (χ4n) is 2.27. The zero-order valence-corrected chi connectivity index (χ0v) is 14.2. The van der Waals surface area contributed by atoms with Crippen molar-refractivity contribution in [1.82, 2.24) is 9.78 Å². The van der Waals surface area contributed by atoms with Crippen LogP contribution < -0.4 is 9.63 Å². The molecule has 0 fully saturated rings. The van der Waals surface area contributed by atoms with Crippen LogP contribution in [0, 0.1) is 12.1 Å². The van der Waals surface area contributed by atoms with Crippen LogP contribution in [0.5, 0.6) is 0 Å². The summed E-state index contributed by atoms with van der Waals surface area (Å²) in [6.45, 7) is 4.19. The summed E-state index contributed by atoms with van der Waals surface area (Å²) in [5.41, 5.74) is 2.01. The van der Waals surface area contributed by atoms with Crippen molar-refractivity contribution in [2.24, 2.45) is 0 Å². The largest absolute Gasteiger partial charge is 0.619 e. The molecule has 0 spiro atoms. The smallest absolute Gasteiger partial charge is 0.227 e. The molecular formula is C15H20N4O3S. The molecule has 124 valence electrons. The minimum atomic E-state index is -0.999. The van der Waals surface area contributed by atoms with E-state index in [9.17, 15) is 14.2 Å². The number of carbonyl (C=O) groups is 1. The zero-order valence-electron chi connectivity index (χ0n) is 13.4. The average Bonchev–Trinajstić information content (AvgIpc) is 2.88. The Labute approximate surface area is 137 Å². The van der Waals surface area contributed by atoms with E-state index in [0.717, 1.165) is 0 Å². The van der Waals surface area contributed by atoms with Gasteiger partial charge in [0.1, 0.15) is 5.69 Å². The molecule has 8 heteroatoms. The van der Waals surface area contributed by atoms with Crippen LogP contribution in [0.4, 0.5) is 5.69 Å². The first-order valence-corrected chi connectivity index (χ1v) is 9.01. The van der Waals surface area contributed by atoms with Crippen molar-refractivity contribution < 1.29 is 13.7 Å². The molecule has 7 nitrogen and oxygen atoms in total. The van der Waals surface area contributed by atoms with Crippen LogP contribution in [0.1, 0.15) is 19.0 Å². The second kappa shape index (κ2) is 7.36. The molecule has 23 heavy (non-hydrogen) atoms. The SMILES string of the molecule is CCN(C(=O)CCS(C)=O)c1cn(-c2ccc[n+]([O-])c2)nc1C. The van der Waals surface area contributed by atoms with Crippen molar-refractivity contribution in [3.8, 4) is 5.69 Å². The van der Waals surface area contributed by atoms with Crippen molar-refractivity contribution in [3.63, 3.8) is 0 Å². The first kappa shape index (κ1) is 17.1. The van der Waals surface area contributed by atoms with Crippen LogP contribution in [-0.4, -0.2) is 38.4 Å². The molecule has 2 aromatic heterocycles. The summed E-state index contributed by atoms with van der Waals surface area (Å²) in [6.07, 6.45) is 6.35. The van der Waals surface area contributed by atoms with Crippen LogP contribution in [0.2, 0.25) is 0 Å². The van der Waals surface area contributed by atoms with E-state index in [1.54, 1.807) is 34.2 Å². The van der Waals surface area contributed by atoms with Gasteiger partial charge in [0.2, 0.25) is 12.1 Å². The van der Waals surface area contributed by atoms with E-state index in [1.165, 1.54) is 12.4 Å². The Morgan fingerprint density at radius 3 is 2.87 bits per heavy atom. The van der Waals surface area contributed by atoms with Gasteiger partial charge in [0.05, 0.1) is 17.6 Å². The highest BCUT2D eigenvalue weighted by Gasteiger charge is 2.19. The number of pyridine rings is 1. The molecule has 0 N–H and O–H groups in total. The first-order chi connectivity index (χ1) is 10.9. The number of hydrogen-bond donors (Lipinski definition) is 0. The Morgan fingerprint density at radius 2 is 2.26 bits per heavy atom. The van der Waals surface area contributed by atoms with E-state index in [-0.39, 0.29) is 12.3 Å². The first-order valence-electron chi connectivity index (χ1n) is 7.28. The van der Waals surface area contributed by atoms with E-state index in [1.807, 2.05) is 13.8 Å². The predicted octanol–water partition coefficient (Wildman–Crippen LogP) is 0.936. The zero-order chi connectivity index (χ0) is 17.0. The maximum Gasteiger partial charge on any atom is 0.227 e. The Kier molecular flexibility index (Phi) is 5.49. The number of amides is 1. The molecule has 0 aliphatic heterocycles. The number of anilines is 1. The Bertz CT molecular complexity index is 729. The maximum atomic E-state index is 12.3. The van der Waals surface area contributed by atoms with Crippen LogP contribution in [0.3, 0.4) is 0 Å². The van der Waals surface area contributed by atoms with Crippen molar-refractivity contribution >= 4 is 22.4 Å². The summed E-state index contributed by atoms with van der Waals surface area (Å²) in [5.74, 6) is 0.259. The van der Waals surface area contributed by atoms with Crippen LogP contribution >= 0.6 is 0 Å². The molecule has 0 saturated carbocycles. The number of hydrogen-bond acceptors (Lipinski definition) is 4. The lowest BCUT2D eigenvalue weighted by molar-refractivity contribution is -0.605. The van der Waals surface area contributed by atoms with Gasteiger partial charge in [-0.15, -0.1) is 0 Å². The molecule has 0 saturated heterocycles. The molecule has 1 amide bonds. The average molecular weight is 336 g/mol. The summed E-state index contributed by atoms with van der Waals surface area (Å²) in [6, 6.07) is 3.40. The van der Waals surface area contributed by atoms with Gasteiger partial charge >= 0.3 is 0 Å². The van der Waals surface area contributed by atoms with E-state index in [0.29, 0.717) is 34.1 Å². The molecule has 0 radical (unpaired) electrons. The molecule has 2 rings (SSSR count). The molecule has 0 bridgehead atoms. The van der Waals surface area contributed by atoms with Gasteiger partial charge in [-0.1, -0.05) is 0 Å². The molecule has 2 aromatic rings. The van der Waals surface area contributed by atoms with E-state index >= 15 is 0 Å². The summed E-state index contributed by atoms with van der Waals surface area (Å²) < 4.78 is 13.5. The second-order valence-electron chi connectivity index (χ2n) is 5.13. The number of aromatic nitrogens is 3. The fourth-order valence-corrected chi connectivity index (χ4v) is 2.74.